The van der Waals surface area contributed by atoms with Crippen LogP contribution in [0.2, 0.25) is 0 Å². The number of hydrogen-bond acceptors (Lipinski definition) is 3. The molecule has 1 aromatic carbocycles. The van der Waals surface area contributed by atoms with Gasteiger partial charge in [-0.1, -0.05) is 31.0 Å². The maximum absolute atomic E-state index is 5.56. The van der Waals surface area contributed by atoms with Crippen molar-refractivity contribution in [2.45, 2.75) is 57.2 Å². The van der Waals surface area contributed by atoms with E-state index in [-0.39, 0.29) is 0 Å². The summed E-state index contributed by atoms with van der Waals surface area (Å²) in [7, 11) is 1.78. The third kappa shape index (κ3) is 4.93. The predicted molar refractivity (Wildman–Crippen MR) is 93.6 cm³/mol. The Bertz CT molecular complexity index is 429. The van der Waals surface area contributed by atoms with Gasteiger partial charge in [-0.25, -0.2) is 0 Å². The SMILES string of the molecule is CCCNC(Cc1cc(C)ccc1OC)C1CCCCS1. The Morgan fingerprint density at radius 3 is 2.90 bits per heavy atom. The summed E-state index contributed by atoms with van der Waals surface area (Å²) in [4.78, 5) is 0. The van der Waals surface area contributed by atoms with Gasteiger partial charge >= 0.3 is 0 Å². The van der Waals surface area contributed by atoms with Crippen LogP contribution in [0.15, 0.2) is 18.2 Å². The number of methoxy groups -OCH3 is 1. The molecule has 0 saturated carbocycles. The average Bonchev–Trinajstić information content (AvgIpc) is 2.52. The summed E-state index contributed by atoms with van der Waals surface area (Å²) in [6, 6.07) is 7.08. The van der Waals surface area contributed by atoms with E-state index in [4.69, 9.17) is 4.74 Å². The van der Waals surface area contributed by atoms with Crippen LogP contribution in [0.5, 0.6) is 5.75 Å². The molecule has 1 fully saturated rings. The van der Waals surface area contributed by atoms with Crippen LogP contribution in [-0.4, -0.2) is 30.7 Å². The van der Waals surface area contributed by atoms with Crippen LogP contribution >= 0.6 is 11.8 Å². The first-order chi connectivity index (χ1) is 10.2. The Morgan fingerprint density at radius 1 is 1.38 bits per heavy atom. The highest BCUT2D eigenvalue weighted by atomic mass is 32.2. The number of nitrogens with one attached hydrogen (secondary N) is 1. The molecule has 1 saturated heterocycles. The molecule has 0 aliphatic carbocycles. The first-order valence-electron chi connectivity index (χ1n) is 8.23. The highest BCUT2D eigenvalue weighted by molar-refractivity contribution is 8.00. The van der Waals surface area contributed by atoms with E-state index in [9.17, 15) is 0 Å². The van der Waals surface area contributed by atoms with Crippen LogP contribution in [0.4, 0.5) is 0 Å². The molecule has 1 heterocycles. The molecule has 0 bridgehead atoms. The molecule has 2 atom stereocenters. The molecule has 1 N–H and O–H groups in total. The summed E-state index contributed by atoms with van der Waals surface area (Å²) in [5.74, 6) is 2.35. The maximum atomic E-state index is 5.56. The molecular weight excluding hydrogens is 278 g/mol. The Kier molecular flexibility index (Phi) is 6.91. The van der Waals surface area contributed by atoms with E-state index in [0.29, 0.717) is 6.04 Å². The summed E-state index contributed by atoms with van der Waals surface area (Å²) in [6.45, 7) is 5.51. The minimum absolute atomic E-state index is 0.561. The molecule has 21 heavy (non-hydrogen) atoms. The lowest BCUT2D eigenvalue weighted by Crippen LogP contribution is -2.41. The summed E-state index contributed by atoms with van der Waals surface area (Å²) >= 11 is 2.16. The molecule has 0 amide bonds. The van der Waals surface area contributed by atoms with E-state index in [1.54, 1.807) is 7.11 Å². The van der Waals surface area contributed by atoms with E-state index < -0.39 is 0 Å². The molecular formula is C18H29NOS. The van der Waals surface area contributed by atoms with Crippen molar-refractivity contribution in [3.63, 3.8) is 0 Å². The third-order valence-corrected chi connectivity index (χ3v) is 5.71. The molecule has 1 aliphatic rings. The number of hydrogen-bond donors (Lipinski definition) is 1. The zero-order valence-electron chi connectivity index (χ0n) is 13.7. The molecule has 0 radical (unpaired) electrons. The van der Waals surface area contributed by atoms with Gasteiger partial charge in [0.25, 0.3) is 0 Å². The lowest BCUT2D eigenvalue weighted by molar-refractivity contribution is 0.401. The van der Waals surface area contributed by atoms with Gasteiger partial charge in [0.2, 0.25) is 0 Å². The zero-order valence-corrected chi connectivity index (χ0v) is 14.5. The standard InChI is InChI=1S/C18H29NOS/c1-4-10-19-16(18-7-5-6-11-21-18)13-15-12-14(2)8-9-17(15)20-3/h8-9,12,16,18-19H,4-7,10-11,13H2,1-3H3. The minimum Gasteiger partial charge on any atom is -0.496 e. The van der Waals surface area contributed by atoms with Crippen molar-refractivity contribution in [2.24, 2.45) is 0 Å². The number of benzene rings is 1. The van der Waals surface area contributed by atoms with Crippen molar-refractivity contribution in [2.75, 3.05) is 19.4 Å². The number of rotatable bonds is 7. The Balaban J connectivity index is 2.11. The highest BCUT2D eigenvalue weighted by Crippen LogP contribution is 2.31. The minimum atomic E-state index is 0.561. The second kappa shape index (κ2) is 8.70. The summed E-state index contributed by atoms with van der Waals surface area (Å²) < 4.78 is 5.56. The molecule has 2 nitrogen and oxygen atoms in total. The van der Waals surface area contributed by atoms with Gasteiger partial charge < -0.3 is 10.1 Å². The molecule has 0 spiro atoms. The average molecular weight is 308 g/mol. The van der Waals surface area contributed by atoms with Crippen molar-refractivity contribution in [3.8, 4) is 5.75 Å². The van der Waals surface area contributed by atoms with Gasteiger partial charge in [0.1, 0.15) is 5.75 Å². The fraction of sp³-hybridized carbons (Fsp3) is 0.667. The summed E-state index contributed by atoms with van der Waals surface area (Å²) in [5.41, 5.74) is 2.66. The van der Waals surface area contributed by atoms with Crippen molar-refractivity contribution in [1.29, 1.82) is 0 Å². The molecule has 3 heteroatoms. The molecule has 118 valence electrons. The summed E-state index contributed by atoms with van der Waals surface area (Å²) in [6.07, 6.45) is 6.38. The van der Waals surface area contributed by atoms with Crippen molar-refractivity contribution < 1.29 is 4.74 Å². The fourth-order valence-electron chi connectivity index (χ4n) is 3.05. The Hall–Kier alpha value is -0.670. The quantitative estimate of drug-likeness (QED) is 0.816. The van der Waals surface area contributed by atoms with Crippen molar-refractivity contribution in [3.05, 3.63) is 29.3 Å². The third-order valence-electron chi connectivity index (χ3n) is 4.20. The molecule has 1 aliphatic heterocycles. The van der Waals surface area contributed by atoms with Crippen LogP contribution in [0.1, 0.15) is 43.7 Å². The van der Waals surface area contributed by atoms with Crippen LogP contribution in [0.25, 0.3) is 0 Å². The normalized spacial score (nSPS) is 20.2. The van der Waals surface area contributed by atoms with Gasteiger partial charge in [0.05, 0.1) is 7.11 Å². The van der Waals surface area contributed by atoms with Crippen LogP contribution in [0.3, 0.4) is 0 Å². The van der Waals surface area contributed by atoms with Crippen LogP contribution in [0, 0.1) is 6.92 Å². The topological polar surface area (TPSA) is 21.3 Å². The molecule has 2 unspecified atom stereocenters. The van der Waals surface area contributed by atoms with Crippen LogP contribution in [-0.2, 0) is 6.42 Å². The highest BCUT2D eigenvalue weighted by Gasteiger charge is 2.24. The first kappa shape index (κ1) is 16.7. The van der Waals surface area contributed by atoms with Gasteiger partial charge in [-0.3, -0.25) is 0 Å². The summed E-state index contributed by atoms with van der Waals surface area (Å²) in [5, 5.41) is 4.53. The fourth-order valence-corrected chi connectivity index (χ4v) is 4.48. The van der Waals surface area contributed by atoms with E-state index in [2.05, 4.69) is 49.1 Å². The van der Waals surface area contributed by atoms with Crippen molar-refractivity contribution in [1.82, 2.24) is 5.32 Å². The monoisotopic (exact) mass is 307 g/mol. The van der Waals surface area contributed by atoms with Gasteiger partial charge in [-0.2, -0.15) is 11.8 Å². The van der Waals surface area contributed by atoms with Crippen LogP contribution < -0.4 is 10.1 Å². The first-order valence-corrected chi connectivity index (χ1v) is 9.28. The van der Waals surface area contributed by atoms with E-state index >= 15 is 0 Å². The largest absolute Gasteiger partial charge is 0.496 e. The van der Waals surface area contributed by atoms with Gasteiger partial charge in [0.15, 0.2) is 0 Å². The Labute approximate surface area is 134 Å². The van der Waals surface area contributed by atoms with E-state index in [0.717, 1.165) is 24.0 Å². The lowest BCUT2D eigenvalue weighted by atomic mass is 9.97. The molecule has 1 aromatic rings. The maximum Gasteiger partial charge on any atom is 0.122 e. The van der Waals surface area contributed by atoms with E-state index in [1.165, 1.54) is 42.6 Å². The number of ether oxygens (including phenoxy) is 1. The number of thioether (sulfide) groups is 1. The van der Waals surface area contributed by atoms with Gasteiger partial charge in [0, 0.05) is 11.3 Å². The number of aryl methyl sites for hydroxylation is 1. The predicted octanol–water partition coefficient (Wildman–Crippen LogP) is 4.20. The van der Waals surface area contributed by atoms with Gasteiger partial charge in [-0.15, -0.1) is 0 Å². The van der Waals surface area contributed by atoms with Crippen molar-refractivity contribution >= 4 is 11.8 Å². The second-order valence-corrected chi connectivity index (χ2v) is 7.33. The smallest absolute Gasteiger partial charge is 0.122 e. The lowest BCUT2D eigenvalue weighted by Gasteiger charge is -2.31. The zero-order chi connectivity index (χ0) is 15.1. The molecule has 2 rings (SSSR count). The van der Waals surface area contributed by atoms with E-state index in [1.807, 2.05) is 0 Å². The Morgan fingerprint density at radius 2 is 2.24 bits per heavy atom. The molecule has 0 aromatic heterocycles. The van der Waals surface area contributed by atoms with Gasteiger partial charge in [-0.05, 0) is 56.5 Å². The second-order valence-electron chi connectivity index (χ2n) is 5.99.